The number of hydrogen-bond donors (Lipinski definition) is 0. The van der Waals surface area contributed by atoms with Crippen molar-refractivity contribution in [1.29, 1.82) is 0 Å². The van der Waals surface area contributed by atoms with Crippen LogP contribution in [0.5, 0.6) is 0 Å². The molecule has 0 fully saturated rings. The number of Topliss-reactive ketones (excluding diaryl/α,β-unsaturated/α-hetero) is 1. The number of halogens is 2. The van der Waals surface area contributed by atoms with E-state index in [0.717, 1.165) is 11.4 Å². The van der Waals surface area contributed by atoms with E-state index in [1.165, 1.54) is 12.1 Å². The van der Waals surface area contributed by atoms with Crippen LogP contribution in [0.15, 0.2) is 42.5 Å². The highest BCUT2D eigenvalue weighted by atomic mass is 35.5. The molecule has 3 rings (SSSR count). The Bertz CT molecular complexity index is 624. The van der Waals surface area contributed by atoms with Crippen LogP contribution in [0, 0.1) is 5.82 Å². The Kier molecular flexibility index (Phi) is 2.56. The summed E-state index contributed by atoms with van der Waals surface area (Å²) in [7, 11) is 0. The van der Waals surface area contributed by atoms with E-state index in [0.29, 0.717) is 10.6 Å². The molecular weight excluding hydrogens is 253 g/mol. The largest absolute Gasteiger partial charge is 0.333 e. The van der Waals surface area contributed by atoms with Gasteiger partial charge in [0.15, 0.2) is 5.78 Å². The molecule has 4 heteroatoms. The molecule has 0 saturated heterocycles. The summed E-state index contributed by atoms with van der Waals surface area (Å²) in [6, 6.07) is 11.3. The number of nitrogens with zero attached hydrogens (tertiary/aromatic N) is 1. The van der Waals surface area contributed by atoms with Crippen molar-refractivity contribution < 1.29 is 9.18 Å². The van der Waals surface area contributed by atoms with Gasteiger partial charge in [-0.05, 0) is 42.5 Å². The summed E-state index contributed by atoms with van der Waals surface area (Å²) < 4.78 is 12.9. The van der Waals surface area contributed by atoms with Crippen molar-refractivity contribution >= 4 is 28.8 Å². The molecule has 18 heavy (non-hydrogen) atoms. The van der Waals surface area contributed by atoms with E-state index in [-0.39, 0.29) is 18.1 Å². The van der Waals surface area contributed by atoms with Crippen molar-refractivity contribution in [3.8, 4) is 0 Å². The number of carbonyl (C=O) groups is 1. The van der Waals surface area contributed by atoms with Crippen LogP contribution in [0.3, 0.4) is 0 Å². The fourth-order valence-corrected chi connectivity index (χ4v) is 2.30. The zero-order chi connectivity index (χ0) is 12.7. The number of benzene rings is 2. The first-order valence-corrected chi connectivity index (χ1v) is 5.89. The van der Waals surface area contributed by atoms with Gasteiger partial charge in [0, 0.05) is 16.3 Å². The molecular formula is C14H9ClFNO. The normalized spacial score (nSPS) is 13.9. The van der Waals surface area contributed by atoms with Crippen LogP contribution in [-0.4, -0.2) is 12.3 Å². The maximum absolute atomic E-state index is 12.9. The lowest BCUT2D eigenvalue weighted by Crippen LogP contribution is -2.16. The van der Waals surface area contributed by atoms with E-state index < -0.39 is 0 Å². The van der Waals surface area contributed by atoms with Crippen LogP contribution >= 0.6 is 11.6 Å². The number of ketones is 1. The van der Waals surface area contributed by atoms with Gasteiger partial charge >= 0.3 is 0 Å². The van der Waals surface area contributed by atoms with Crippen molar-refractivity contribution in [2.75, 3.05) is 11.4 Å². The van der Waals surface area contributed by atoms with E-state index >= 15 is 0 Å². The average Bonchev–Trinajstić information content (AvgIpc) is 2.68. The van der Waals surface area contributed by atoms with E-state index in [1.54, 1.807) is 24.3 Å². The van der Waals surface area contributed by atoms with Gasteiger partial charge in [-0.1, -0.05) is 11.6 Å². The molecule has 0 amide bonds. The fourth-order valence-electron chi connectivity index (χ4n) is 2.13. The quantitative estimate of drug-likeness (QED) is 0.778. The van der Waals surface area contributed by atoms with Gasteiger partial charge in [0.1, 0.15) is 5.82 Å². The number of fused-ring (bicyclic) bond motifs is 1. The summed E-state index contributed by atoms with van der Waals surface area (Å²) in [5, 5.41) is 0.544. The van der Waals surface area contributed by atoms with Crippen LogP contribution in [0.2, 0.25) is 5.02 Å². The molecule has 1 heterocycles. The summed E-state index contributed by atoms with van der Waals surface area (Å²) in [6.07, 6.45) is 0. The van der Waals surface area contributed by atoms with Crippen molar-refractivity contribution in [3.05, 3.63) is 58.9 Å². The van der Waals surface area contributed by atoms with Gasteiger partial charge in [-0.2, -0.15) is 0 Å². The third kappa shape index (κ3) is 1.77. The highest BCUT2D eigenvalue weighted by molar-refractivity contribution is 6.31. The molecule has 2 nitrogen and oxygen atoms in total. The highest BCUT2D eigenvalue weighted by Crippen LogP contribution is 2.35. The molecule has 90 valence electrons. The Morgan fingerprint density at radius 3 is 2.56 bits per heavy atom. The van der Waals surface area contributed by atoms with Gasteiger partial charge in [0.25, 0.3) is 0 Å². The highest BCUT2D eigenvalue weighted by Gasteiger charge is 2.27. The fraction of sp³-hybridized carbons (Fsp3) is 0.0714. The summed E-state index contributed by atoms with van der Waals surface area (Å²) in [5.41, 5.74) is 2.23. The molecule has 0 radical (unpaired) electrons. The zero-order valence-electron chi connectivity index (χ0n) is 9.36. The molecule has 0 spiro atoms. The van der Waals surface area contributed by atoms with E-state index in [4.69, 9.17) is 11.6 Å². The molecule has 2 aromatic carbocycles. The van der Waals surface area contributed by atoms with Crippen LogP contribution in [-0.2, 0) is 0 Å². The average molecular weight is 262 g/mol. The monoisotopic (exact) mass is 261 g/mol. The third-order valence-corrected chi connectivity index (χ3v) is 3.22. The van der Waals surface area contributed by atoms with E-state index in [9.17, 15) is 9.18 Å². The van der Waals surface area contributed by atoms with Gasteiger partial charge in [-0.15, -0.1) is 0 Å². The topological polar surface area (TPSA) is 20.3 Å². The van der Waals surface area contributed by atoms with Crippen LogP contribution in [0.1, 0.15) is 10.4 Å². The Morgan fingerprint density at radius 1 is 1.11 bits per heavy atom. The second kappa shape index (κ2) is 4.10. The predicted octanol–water partition coefficient (Wildman–Crippen LogP) is 3.81. The van der Waals surface area contributed by atoms with Crippen molar-refractivity contribution in [2.24, 2.45) is 0 Å². The molecule has 1 aliphatic heterocycles. The molecule has 1 aliphatic rings. The smallest absolute Gasteiger partial charge is 0.184 e. The maximum Gasteiger partial charge on any atom is 0.184 e. The van der Waals surface area contributed by atoms with Gasteiger partial charge in [0.2, 0.25) is 0 Å². The summed E-state index contributed by atoms with van der Waals surface area (Å²) >= 11 is 5.88. The predicted molar refractivity (Wildman–Crippen MR) is 69.2 cm³/mol. The Balaban J connectivity index is 2.07. The van der Waals surface area contributed by atoms with Crippen LogP contribution in [0.4, 0.5) is 15.8 Å². The van der Waals surface area contributed by atoms with Crippen LogP contribution < -0.4 is 4.90 Å². The van der Waals surface area contributed by atoms with Crippen molar-refractivity contribution in [3.63, 3.8) is 0 Å². The van der Waals surface area contributed by atoms with Crippen molar-refractivity contribution in [1.82, 2.24) is 0 Å². The minimum absolute atomic E-state index is 0.0248. The SMILES string of the molecule is O=C1CN(c2ccc(F)cc2)c2ccc(Cl)cc21. The number of hydrogen-bond acceptors (Lipinski definition) is 2. The zero-order valence-corrected chi connectivity index (χ0v) is 10.1. The first-order valence-electron chi connectivity index (χ1n) is 5.51. The lowest BCUT2D eigenvalue weighted by atomic mass is 10.1. The van der Waals surface area contributed by atoms with Crippen molar-refractivity contribution in [2.45, 2.75) is 0 Å². The Labute approximate surface area is 109 Å². The van der Waals surface area contributed by atoms with Gasteiger partial charge in [-0.25, -0.2) is 4.39 Å². The minimum atomic E-state index is -0.291. The minimum Gasteiger partial charge on any atom is -0.333 e. The molecule has 2 aromatic rings. The summed E-state index contributed by atoms with van der Waals surface area (Å²) in [4.78, 5) is 13.7. The Hall–Kier alpha value is -1.87. The maximum atomic E-state index is 12.9. The third-order valence-electron chi connectivity index (χ3n) is 2.99. The first kappa shape index (κ1) is 11.2. The van der Waals surface area contributed by atoms with E-state index in [2.05, 4.69) is 0 Å². The lowest BCUT2D eigenvalue weighted by Gasteiger charge is -2.18. The molecule has 0 saturated carbocycles. The van der Waals surface area contributed by atoms with Gasteiger partial charge in [-0.3, -0.25) is 4.79 Å². The lowest BCUT2D eigenvalue weighted by molar-refractivity contribution is 0.101. The molecule has 0 unspecified atom stereocenters. The molecule has 0 N–H and O–H groups in total. The summed E-state index contributed by atoms with van der Waals surface area (Å²) in [5.74, 6) is -0.266. The second-order valence-corrected chi connectivity index (χ2v) is 4.58. The van der Waals surface area contributed by atoms with Crippen LogP contribution in [0.25, 0.3) is 0 Å². The first-order chi connectivity index (χ1) is 8.65. The summed E-state index contributed by atoms with van der Waals surface area (Å²) in [6.45, 7) is 0.265. The second-order valence-electron chi connectivity index (χ2n) is 4.15. The number of carbonyl (C=O) groups excluding carboxylic acids is 1. The number of rotatable bonds is 1. The molecule has 0 atom stereocenters. The molecule has 0 aromatic heterocycles. The van der Waals surface area contributed by atoms with Gasteiger partial charge < -0.3 is 4.90 Å². The van der Waals surface area contributed by atoms with E-state index in [1.807, 2.05) is 11.0 Å². The van der Waals surface area contributed by atoms with Gasteiger partial charge in [0.05, 0.1) is 12.2 Å². The number of anilines is 2. The molecule has 0 bridgehead atoms. The Morgan fingerprint density at radius 2 is 1.83 bits per heavy atom. The molecule has 0 aliphatic carbocycles. The standard InChI is InChI=1S/C14H9ClFNO/c15-9-1-6-13-12(7-9)14(18)8-17(13)11-4-2-10(16)3-5-11/h1-7H,8H2.